The molecule has 5 heteroatoms. The number of hydrogen-bond donors (Lipinski definition) is 2. The van der Waals surface area contributed by atoms with Crippen LogP contribution in [0.15, 0.2) is 70.7 Å². The van der Waals surface area contributed by atoms with Crippen molar-refractivity contribution in [3.63, 3.8) is 0 Å². The molecule has 1 aromatic heterocycles. The highest BCUT2D eigenvalue weighted by Gasteiger charge is 2.38. The van der Waals surface area contributed by atoms with Crippen LogP contribution in [0.4, 0.5) is 5.82 Å². The van der Waals surface area contributed by atoms with Crippen molar-refractivity contribution < 1.29 is 4.79 Å². The van der Waals surface area contributed by atoms with Gasteiger partial charge in [-0.2, -0.15) is 0 Å². The van der Waals surface area contributed by atoms with Crippen LogP contribution in [0.1, 0.15) is 41.9 Å². The predicted molar refractivity (Wildman–Crippen MR) is 109 cm³/mol. The molecule has 0 unspecified atom stereocenters. The molecule has 0 spiro atoms. The minimum Gasteiger partial charge on any atom is -0.343 e. The lowest BCUT2D eigenvalue weighted by Gasteiger charge is -2.31. The third-order valence-corrected chi connectivity index (χ3v) is 5.66. The van der Waals surface area contributed by atoms with Crippen LogP contribution in [0.3, 0.4) is 0 Å². The molecule has 0 amide bonds. The summed E-state index contributed by atoms with van der Waals surface area (Å²) in [7, 11) is 0. The standard InChI is InChI=1S/C23H21N3O2/c1-14-10-12-15(13-11-14)19-20-17(8-5-9-18(20)27)24-22-21(19)23(28)26(25-22)16-6-3-2-4-7-16/h2-4,6-7,10-13,19,24-25H,5,8-9H2,1H3/t19-/m0/s1. The molecule has 2 aromatic carbocycles. The van der Waals surface area contributed by atoms with E-state index in [-0.39, 0.29) is 17.3 Å². The minimum absolute atomic E-state index is 0.121. The molecule has 5 rings (SSSR count). The first-order valence-electron chi connectivity index (χ1n) is 9.63. The number of carbonyl (C=O) groups excluding carboxylic acids is 1. The molecular formula is C23H21N3O2. The number of ketones is 1. The van der Waals surface area contributed by atoms with Gasteiger partial charge >= 0.3 is 0 Å². The second kappa shape index (κ2) is 6.37. The smallest absolute Gasteiger partial charge is 0.277 e. The molecule has 1 aliphatic heterocycles. The highest BCUT2D eigenvalue weighted by Crippen LogP contribution is 2.43. The van der Waals surface area contributed by atoms with Crippen LogP contribution >= 0.6 is 0 Å². The van der Waals surface area contributed by atoms with Gasteiger partial charge in [0, 0.05) is 23.6 Å². The number of para-hydroxylation sites is 1. The molecule has 0 saturated carbocycles. The fourth-order valence-corrected chi connectivity index (χ4v) is 4.29. The number of benzene rings is 2. The third kappa shape index (κ3) is 2.54. The van der Waals surface area contributed by atoms with Crippen molar-refractivity contribution in [2.45, 2.75) is 32.1 Å². The summed E-state index contributed by atoms with van der Waals surface area (Å²) in [6, 6.07) is 17.6. The normalized spacial score (nSPS) is 18.5. The number of nitrogens with one attached hydrogen (secondary N) is 2. The molecule has 28 heavy (non-hydrogen) atoms. The zero-order valence-electron chi connectivity index (χ0n) is 15.7. The van der Waals surface area contributed by atoms with Crippen LogP contribution in [0.2, 0.25) is 0 Å². The summed E-state index contributed by atoms with van der Waals surface area (Å²) in [5.41, 5.74) is 5.08. The zero-order chi connectivity index (χ0) is 19.3. The van der Waals surface area contributed by atoms with Gasteiger partial charge in [0.05, 0.1) is 11.3 Å². The number of allylic oxidation sites excluding steroid dienone is 2. The Bertz CT molecular complexity index is 1150. The van der Waals surface area contributed by atoms with Gasteiger partial charge in [-0.05, 0) is 37.5 Å². The first-order chi connectivity index (χ1) is 13.6. The van der Waals surface area contributed by atoms with Crippen molar-refractivity contribution in [3.05, 3.63) is 92.9 Å². The summed E-state index contributed by atoms with van der Waals surface area (Å²) < 4.78 is 1.56. The highest BCUT2D eigenvalue weighted by molar-refractivity contribution is 6.00. The van der Waals surface area contributed by atoms with Crippen LogP contribution in [0, 0.1) is 6.92 Å². The Balaban J connectivity index is 1.75. The monoisotopic (exact) mass is 371 g/mol. The Labute approximate surface area is 162 Å². The van der Waals surface area contributed by atoms with E-state index in [1.54, 1.807) is 4.68 Å². The van der Waals surface area contributed by atoms with Crippen molar-refractivity contribution in [2.75, 3.05) is 5.32 Å². The third-order valence-electron chi connectivity index (χ3n) is 5.66. The summed E-state index contributed by atoms with van der Waals surface area (Å²) in [4.78, 5) is 26.3. The van der Waals surface area contributed by atoms with Crippen molar-refractivity contribution in [3.8, 4) is 5.69 Å². The lowest BCUT2D eigenvalue weighted by molar-refractivity contribution is -0.116. The molecule has 2 N–H and O–H groups in total. The summed E-state index contributed by atoms with van der Waals surface area (Å²) >= 11 is 0. The van der Waals surface area contributed by atoms with Gasteiger partial charge in [0.1, 0.15) is 5.82 Å². The van der Waals surface area contributed by atoms with E-state index in [1.807, 2.05) is 61.5 Å². The molecule has 1 atom stereocenters. The van der Waals surface area contributed by atoms with E-state index in [9.17, 15) is 9.59 Å². The Hall–Kier alpha value is -3.34. The van der Waals surface area contributed by atoms with Gasteiger partial charge in [-0.3, -0.25) is 14.7 Å². The van der Waals surface area contributed by atoms with E-state index < -0.39 is 0 Å². The Morgan fingerprint density at radius 1 is 0.964 bits per heavy atom. The fourth-order valence-electron chi connectivity index (χ4n) is 4.29. The second-order valence-electron chi connectivity index (χ2n) is 7.51. The van der Waals surface area contributed by atoms with Gasteiger partial charge in [-0.1, -0.05) is 48.0 Å². The number of fused-ring (bicyclic) bond motifs is 1. The van der Waals surface area contributed by atoms with Gasteiger partial charge < -0.3 is 5.32 Å². The molecule has 1 aliphatic carbocycles. The molecular weight excluding hydrogens is 350 g/mol. The van der Waals surface area contributed by atoms with E-state index in [4.69, 9.17) is 0 Å². The number of aromatic amines is 1. The molecule has 0 radical (unpaired) electrons. The van der Waals surface area contributed by atoms with E-state index in [0.29, 0.717) is 17.8 Å². The first kappa shape index (κ1) is 16.8. The number of nitrogens with zero attached hydrogens (tertiary/aromatic N) is 1. The molecule has 0 saturated heterocycles. The maximum absolute atomic E-state index is 13.4. The predicted octanol–water partition coefficient (Wildman–Crippen LogP) is 4.04. The molecule has 2 heterocycles. The number of rotatable bonds is 2. The number of Topliss-reactive ketones (excluding diaryl/α,β-unsaturated/α-hetero) is 1. The summed E-state index contributed by atoms with van der Waals surface area (Å²) in [6.45, 7) is 2.03. The van der Waals surface area contributed by atoms with Gasteiger partial charge in [-0.15, -0.1) is 0 Å². The lowest BCUT2D eigenvalue weighted by Crippen LogP contribution is -2.29. The number of aryl methyl sites for hydroxylation is 1. The van der Waals surface area contributed by atoms with E-state index in [1.165, 1.54) is 0 Å². The lowest BCUT2D eigenvalue weighted by atomic mass is 9.77. The van der Waals surface area contributed by atoms with E-state index in [0.717, 1.165) is 40.9 Å². The average molecular weight is 371 g/mol. The second-order valence-corrected chi connectivity index (χ2v) is 7.51. The maximum Gasteiger partial charge on any atom is 0.277 e. The van der Waals surface area contributed by atoms with Gasteiger partial charge in [-0.25, -0.2) is 4.68 Å². The van der Waals surface area contributed by atoms with Crippen LogP contribution in [-0.2, 0) is 4.79 Å². The topological polar surface area (TPSA) is 66.9 Å². The quantitative estimate of drug-likeness (QED) is 0.714. The zero-order valence-corrected chi connectivity index (χ0v) is 15.7. The number of aromatic nitrogens is 2. The van der Waals surface area contributed by atoms with Crippen LogP contribution in [0.25, 0.3) is 5.69 Å². The maximum atomic E-state index is 13.4. The summed E-state index contributed by atoms with van der Waals surface area (Å²) in [5, 5.41) is 6.58. The molecule has 140 valence electrons. The van der Waals surface area contributed by atoms with Crippen LogP contribution in [-0.4, -0.2) is 15.6 Å². The molecule has 0 fully saturated rings. The largest absolute Gasteiger partial charge is 0.343 e. The van der Waals surface area contributed by atoms with Crippen LogP contribution < -0.4 is 10.9 Å². The SMILES string of the molecule is Cc1ccc([C@H]2C3=C(CCCC3=O)Nc3[nH]n(-c4ccccc4)c(=O)c32)cc1. The van der Waals surface area contributed by atoms with Gasteiger partial charge in [0.25, 0.3) is 5.56 Å². The molecule has 3 aromatic rings. The Kier molecular flexibility index (Phi) is 3.83. The Morgan fingerprint density at radius 2 is 1.71 bits per heavy atom. The van der Waals surface area contributed by atoms with Gasteiger partial charge in [0.15, 0.2) is 5.78 Å². The fraction of sp³-hybridized carbons (Fsp3) is 0.217. The average Bonchev–Trinajstić information content (AvgIpc) is 3.04. The van der Waals surface area contributed by atoms with Crippen molar-refractivity contribution in [1.82, 2.24) is 9.78 Å². The highest BCUT2D eigenvalue weighted by atomic mass is 16.1. The number of H-pyrrole nitrogens is 1. The molecule has 5 nitrogen and oxygen atoms in total. The molecule has 2 aliphatic rings. The summed E-state index contributed by atoms with van der Waals surface area (Å²) in [5.74, 6) is 0.484. The first-order valence-corrected chi connectivity index (χ1v) is 9.63. The van der Waals surface area contributed by atoms with Crippen LogP contribution in [0.5, 0.6) is 0 Å². The van der Waals surface area contributed by atoms with Crippen molar-refractivity contribution in [1.29, 1.82) is 0 Å². The van der Waals surface area contributed by atoms with Crippen molar-refractivity contribution in [2.24, 2.45) is 0 Å². The van der Waals surface area contributed by atoms with E-state index in [2.05, 4.69) is 10.4 Å². The summed E-state index contributed by atoms with van der Waals surface area (Å²) in [6.07, 6.45) is 2.20. The van der Waals surface area contributed by atoms with E-state index >= 15 is 0 Å². The molecule has 0 bridgehead atoms. The number of anilines is 1. The van der Waals surface area contributed by atoms with Crippen molar-refractivity contribution >= 4 is 11.6 Å². The minimum atomic E-state index is -0.339. The number of carbonyl (C=O) groups is 1. The van der Waals surface area contributed by atoms with Gasteiger partial charge in [0.2, 0.25) is 0 Å². The number of hydrogen-bond acceptors (Lipinski definition) is 3. The Morgan fingerprint density at radius 3 is 2.46 bits per heavy atom.